The minimum Gasteiger partial charge on any atom is -0.508 e. The van der Waals surface area contributed by atoms with Crippen LogP contribution in [0.3, 0.4) is 0 Å². The Labute approximate surface area is 252 Å². The smallest absolute Gasteiger partial charge is 0.239 e. The lowest BCUT2D eigenvalue weighted by atomic mass is 9.99. The van der Waals surface area contributed by atoms with E-state index in [4.69, 9.17) is 28.1 Å². The Morgan fingerprint density at radius 1 is 0.733 bits per heavy atom. The van der Waals surface area contributed by atoms with Gasteiger partial charge in [-0.2, -0.15) is 0 Å². The van der Waals surface area contributed by atoms with Crippen molar-refractivity contribution in [3.05, 3.63) is 40.6 Å². The Balaban J connectivity index is 1.65. The largest absolute Gasteiger partial charge is 0.508 e. The Hall–Kier alpha value is -3.75. The van der Waals surface area contributed by atoms with E-state index < -0.39 is 103 Å². The molecule has 246 valence electrons. The summed E-state index contributed by atoms with van der Waals surface area (Å²) in [5.74, 6) is -2.62. The molecule has 0 unspecified atom stereocenters. The average Bonchev–Trinajstić information content (AvgIpc) is 3.02. The zero-order valence-corrected chi connectivity index (χ0v) is 23.4. The molecule has 0 amide bonds. The van der Waals surface area contributed by atoms with Gasteiger partial charge in [0.25, 0.3) is 0 Å². The van der Waals surface area contributed by atoms with E-state index in [0.29, 0.717) is 0 Å². The average molecular weight is 641 g/mol. The summed E-state index contributed by atoms with van der Waals surface area (Å²) in [6.45, 7) is -1.52. The lowest BCUT2D eigenvalue weighted by Crippen LogP contribution is -2.60. The lowest BCUT2D eigenvalue weighted by molar-refractivity contribution is -0.277. The first-order chi connectivity index (χ1) is 21.4. The van der Waals surface area contributed by atoms with Crippen molar-refractivity contribution in [3.63, 3.8) is 0 Å². The molecule has 0 spiro atoms. The molecular formula is C28H32O17. The molecule has 3 aromatic rings. The molecule has 0 radical (unpaired) electrons. The van der Waals surface area contributed by atoms with E-state index in [1.807, 2.05) is 0 Å². The van der Waals surface area contributed by atoms with Crippen LogP contribution >= 0.6 is 0 Å². The van der Waals surface area contributed by atoms with Crippen LogP contribution in [0, 0.1) is 0 Å². The van der Waals surface area contributed by atoms with Gasteiger partial charge in [0.1, 0.15) is 65.7 Å². The number of benzene rings is 2. The highest BCUT2D eigenvalue weighted by molar-refractivity contribution is 5.93. The van der Waals surface area contributed by atoms with Crippen molar-refractivity contribution in [1.82, 2.24) is 0 Å². The minimum absolute atomic E-state index is 0.119. The number of aromatic hydroxyl groups is 2. The van der Waals surface area contributed by atoms with Crippen LogP contribution in [-0.4, -0.2) is 133 Å². The summed E-state index contributed by atoms with van der Waals surface area (Å²) < 4.78 is 33.5. The second-order valence-corrected chi connectivity index (χ2v) is 10.4. The molecule has 2 aliphatic rings. The molecule has 1 aromatic heterocycles. The number of ether oxygens (including phenoxy) is 5. The van der Waals surface area contributed by atoms with E-state index >= 15 is 0 Å². The van der Waals surface area contributed by atoms with Gasteiger partial charge >= 0.3 is 0 Å². The second-order valence-electron chi connectivity index (χ2n) is 10.4. The quantitative estimate of drug-likeness (QED) is 0.119. The van der Waals surface area contributed by atoms with Gasteiger partial charge in [0.2, 0.25) is 29.5 Å². The van der Waals surface area contributed by atoms with Gasteiger partial charge in [0.15, 0.2) is 17.1 Å². The maximum absolute atomic E-state index is 13.9. The van der Waals surface area contributed by atoms with Crippen molar-refractivity contribution < 1.29 is 79.2 Å². The van der Waals surface area contributed by atoms with Crippen LogP contribution in [0.5, 0.6) is 28.7 Å². The molecule has 2 aliphatic heterocycles. The highest BCUT2D eigenvalue weighted by Crippen LogP contribution is 2.45. The monoisotopic (exact) mass is 640 g/mol. The number of rotatable bonds is 8. The number of methoxy groups -OCH3 is 1. The summed E-state index contributed by atoms with van der Waals surface area (Å²) in [4.78, 5) is 13.9. The van der Waals surface area contributed by atoms with Crippen LogP contribution in [0.1, 0.15) is 0 Å². The van der Waals surface area contributed by atoms with E-state index in [1.54, 1.807) is 0 Å². The van der Waals surface area contributed by atoms with E-state index in [1.165, 1.54) is 24.3 Å². The third-order valence-electron chi connectivity index (χ3n) is 7.53. The van der Waals surface area contributed by atoms with Crippen LogP contribution in [0.4, 0.5) is 0 Å². The number of aliphatic hydroxyl groups is 8. The molecule has 2 saturated heterocycles. The summed E-state index contributed by atoms with van der Waals surface area (Å²) in [5, 5.41) is 101. The molecule has 10 N–H and O–H groups in total. The summed E-state index contributed by atoms with van der Waals surface area (Å²) in [6, 6.07) is 6.08. The number of hydrogen-bond donors (Lipinski definition) is 10. The Morgan fingerprint density at radius 3 is 1.78 bits per heavy atom. The molecule has 2 fully saturated rings. The first-order valence-electron chi connectivity index (χ1n) is 13.6. The van der Waals surface area contributed by atoms with Gasteiger partial charge in [-0.25, -0.2) is 0 Å². The van der Waals surface area contributed by atoms with Gasteiger partial charge in [-0.15, -0.1) is 0 Å². The third kappa shape index (κ3) is 5.86. The third-order valence-corrected chi connectivity index (χ3v) is 7.53. The first-order valence-corrected chi connectivity index (χ1v) is 13.6. The fraction of sp³-hybridized carbons (Fsp3) is 0.464. The van der Waals surface area contributed by atoms with E-state index in [0.717, 1.165) is 13.2 Å². The zero-order valence-electron chi connectivity index (χ0n) is 23.4. The topological polar surface area (TPSA) is 279 Å². The van der Waals surface area contributed by atoms with Gasteiger partial charge in [-0.05, 0) is 24.3 Å². The molecule has 45 heavy (non-hydrogen) atoms. The number of fused-ring (bicyclic) bond motifs is 1. The van der Waals surface area contributed by atoms with Gasteiger partial charge < -0.3 is 79.2 Å². The second kappa shape index (κ2) is 12.9. The Morgan fingerprint density at radius 2 is 1.27 bits per heavy atom. The normalized spacial score (nSPS) is 31.9. The van der Waals surface area contributed by atoms with Gasteiger partial charge in [-0.1, -0.05) is 0 Å². The van der Waals surface area contributed by atoms with Crippen LogP contribution in [0.15, 0.2) is 39.5 Å². The van der Waals surface area contributed by atoms with Crippen molar-refractivity contribution in [2.45, 2.75) is 61.4 Å². The summed E-state index contributed by atoms with van der Waals surface area (Å²) >= 11 is 0. The summed E-state index contributed by atoms with van der Waals surface area (Å²) in [6.07, 6.45) is -17.0. The molecule has 5 rings (SSSR count). The summed E-state index contributed by atoms with van der Waals surface area (Å²) in [5.41, 5.74) is -1.36. The molecule has 0 aliphatic carbocycles. The van der Waals surface area contributed by atoms with Crippen molar-refractivity contribution in [2.75, 3.05) is 20.3 Å². The molecule has 0 saturated carbocycles. The predicted molar refractivity (Wildman–Crippen MR) is 147 cm³/mol. The molecule has 17 nitrogen and oxygen atoms in total. The van der Waals surface area contributed by atoms with Gasteiger partial charge in [-0.3, -0.25) is 4.79 Å². The van der Waals surface area contributed by atoms with Crippen molar-refractivity contribution in [2.24, 2.45) is 0 Å². The number of phenols is 2. The molecule has 0 bridgehead atoms. The van der Waals surface area contributed by atoms with Gasteiger partial charge in [0, 0.05) is 11.6 Å². The molecule has 17 heteroatoms. The fourth-order valence-corrected chi connectivity index (χ4v) is 5.05. The maximum Gasteiger partial charge on any atom is 0.239 e. The predicted octanol–water partition coefficient (Wildman–Crippen LogP) is -2.76. The van der Waals surface area contributed by atoms with E-state index in [9.17, 15) is 55.9 Å². The van der Waals surface area contributed by atoms with Crippen molar-refractivity contribution >= 4 is 11.0 Å². The van der Waals surface area contributed by atoms with E-state index in [2.05, 4.69) is 0 Å². The molecule has 10 atom stereocenters. The van der Waals surface area contributed by atoms with E-state index in [-0.39, 0.29) is 28.6 Å². The van der Waals surface area contributed by atoms with Crippen LogP contribution in [0.25, 0.3) is 22.3 Å². The SMILES string of the molecule is COc1c(O[C@@H]2O[C@H](CO)[C@@H](O)[C@H](O)[C@H]2O)cc(O)c2c(=O)c(O[C@@H]3O[C@H](CO)[C@@H](O)[C@H](O)[C@H]3O)c(-c3ccc(O)cc3)oc12. The zero-order chi connectivity index (χ0) is 32.7. The number of hydrogen-bond acceptors (Lipinski definition) is 17. The maximum atomic E-state index is 13.9. The minimum atomic E-state index is -1.91. The number of phenolic OH excluding ortho intramolecular Hbond substituents is 2. The van der Waals surface area contributed by atoms with Crippen LogP contribution in [-0.2, 0) is 9.47 Å². The first kappa shape index (κ1) is 32.6. The molecule has 2 aromatic carbocycles. The van der Waals surface area contributed by atoms with Crippen LogP contribution < -0.4 is 19.6 Å². The molecule has 3 heterocycles. The Kier molecular flexibility index (Phi) is 9.38. The standard InChI is InChI=1S/C28H32O17/c1-40-24-12(41-27-21(38)19(36)16(33)13(7-29)42-27)6-11(32)15-18(35)26(23(44-25(15)24)9-2-4-10(31)5-3-9)45-28-22(39)20(37)17(34)14(8-30)43-28/h2-6,13-14,16-17,19-22,27-34,36-39H,7-8H2,1H3/t13-,14-,16-,17-,19+,20+,21-,22-,27-,28+/m1/s1. The van der Waals surface area contributed by atoms with Crippen LogP contribution in [0.2, 0.25) is 0 Å². The highest BCUT2D eigenvalue weighted by atomic mass is 16.7. The number of aliphatic hydroxyl groups excluding tert-OH is 8. The molecular weight excluding hydrogens is 608 g/mol. The summed E-state index contributed by atoms with van der Waals surface area (Å²) in [7, 11) is 1.16. The van der Waals surface area contributed by atoms with Crippen molar-refractivity contribution in [1.29, 1.82) is 0 Å². The Bertz CT molecular complexity index is 1550. The van der Waals surface area contributed by atoms with Gasteiger partial charge in [0.05, 0.1) is 20.3 Å². The highest BCUT2D eigenvalue weighted by Gasteiger charge is 2.47. The van der Waals surface area contributed by atoms with Crippen molar-refractivity contribution in [3.8, 4) is 40.1 Å². The lowest BCUT2D eigenvalue weighted by Gasteiger charge is -2.39. The fourth-order valence-electron chi connectivity index (χ4n) is 5.05.